The minimum Gasteiger partial charge on any atom is -0.396 e. The van der Waals surface area contributed by atoms with Crippen LogP contribution in [0.1, 0.15) is 5.56 Å². The van der Waals surface area contributed by atoms with Crippen LogP contribution in [0.4, 0.5) is 15.8 Å². The third-order valence-electron chi connectivity index (χ3n) is 2.68. The number of nitrogens with two attached hydrogens (primary N) is 1. The highest BCUT2D eigenvalue weighted by Crippen LogP contribution is 2.26. The number of halogens is 2. The predicted octanol–water partition coefficient (Wildman–Crippen LogP) is 3.17. The van der Waals surface area contributed by atoms with Gasteiger partial charge in [-0.2, -0.15) is 0 Å². The lowest BCUT2D eigenvalue weighted by atomic mass is 10.2. The number of nitrogens with one attached hydrogen (secondary N) is 1. The molecule has 0 aliphatic rings. The molecule has 7 heteroatoms. The average molecular weight is 315 g/mol. The SMILES string of the molecule is Cc1cc(S(=O)(=O)Nc2ccccc2Cl)cc(N)c1F. The lowest BCUT2D eigenvalue weighted by Gasteiger charge is -2.11. The van der Waals surface area contributed by atoms with Crippen LogP contribution in [0.15, 0.2) is 41.3 Å². The van der Waals surface area contributed by atoms with Crippen molar-refractivity contribution < 1.29 is 12.8 Å². The first kappa shape index (κ1) is 14.6. The number of hydrogen-bond donors (Lipinski definition) is 2. The summed E-state index contributed by atoms with van der Waals surface area (Å²) in [5.74, 6) is -0.623. The standard InChI is InChI=1S/C13H12ClFN2O2S/c1-8-6-9(7-11(16)13(8)15)20(18,19)17-12-5-3-2-4-10(12)14/h2-7,17H,16H2,1H3. The molecule has 0 amide bonds. The van der Waals surface area contributed by atoms with E-state index in [-0.39, 0.29) is 26.9 Å². The lowest BCUT2D eigenvalue weighted by Crippen LogP contribution is -2.14. The largest absolute Gasteiger partial charge is 0.396 e. The van der Waals surface area contributed by atoms with E-state index in [2.05, 4.69) is 4.72 Å². The van der Waals surface area contributed by atoms with E-state index in [4.69, 9.17) is 17.3 Å². The van der Waals surface area contributed by atoms with Crippen molar-refractivity contribution in [3.8, 4) is 0 Å². The van der Waals surface area contributed by atoms with E-state index in [9.17, 15) is 12.8 Å². The van der Waals surface area contributed by atoms with Crippen molar-refractivity contribution in [1.82, 2.24) is 0 Å². The maximum atomic E-state index is 13.4. The van der Waals surface area contributed by atoms with Gasteiger partial charge in [0.05, 0.1) is 21.3 Å². The molecule has 0 aliphatic heterocycles. The highest BCUT2D eigenvalue weighted by atomic mass is 35.5. The van der Waals surface area contributed by atoms with Gasteiger partial charge in [-0.3, -0.25) is 4.72 Å². The summed E-state index contributed by atoms with van der Waals surface area (Å²) < 4.78 is 40.2. The molecule has 0 aliphatic carbocycles. The number of sulfonamides is 1. The summed E-state index contributed by atoms with van der Waals surface area (Å²) in [6.07, 6.45) is 0. The third-order valence-corrected chi connectivity index (χ3v) is 4.36. The summed E-state index contributed by atoms with van der Waals surface area (Å²) in [7, 11) is -3.88. The van der Waals surface area contributed by atoms with Gasteiger partial charge in [0.1, 0.15) is 5.82 Å². The molecule has 4 nitrogen and oxygen atoms in total. The Morgan fingerprint density at radius 2 is 1.90 bits per heavy atom. The molecule has 0 radical (unpaired) electrons. The summed E-state index contributed by atoms with van der Waals surface area (Å²) in [4.78, 5) is -0.117. The molecule has 0 saturated heterocycles. The quantitative estimate of drug-likeness (QED) is 0.855. The highest BCUT2D eigenvalue weighted by Gasteiger charge is 2.18. The zero-order valence-corrected chi connectivity index (χ0v) is 12.1. The molecule has 0 bridgehead atoms. The summed E-state index contributed by atoms with van der Waals surface area (Å²) in [6, 6.07) is 8.70. The molecule has 0 aromatic heterocycles. The fourth-order valence-corrected chi connectivity index (χ4v) is 3.10. The molecular formula is C13H12ClFN2O2S. The van der Waals surface area contributed by atoms with Crippen LogP contribution in [-0.4, -0.2) is 8.42 Å². The van der Waals surface area contributed by atoms with Gasteiger partial charge >= 0.3 is 0 Å². The zero-order valence-electron chi connectivity index (χ0n) is 10.5. The lowest BCUT2D eigenvalue weighted by molar-refractivity contribution is 0.599. The molecule has 0 saturated carbocycles. The molecule has 0 spiro atoms. The van der Waals surface area contributed by atoms with Crippen LogP contribution < -0.4 is 10.5 Å². The molecule has 20 heavy (non-hydrogen) atoms. The van der Waals surface area contributed by atoms with E-state index >= 15 is 0 Å². The van der Waals surface area contributed by atoms with E-state index in [0.29, 0.717) is 0 Å². The van der Waals surface area contributed by atoms with Crippen LogP contribution in [0, 0.1) is 12.7 Å². The molecule has 106 valence electrons. The molecule has 0 unspecified atom stereocenters. The molecule has 0 heterocycles. The van der Waals surface area contributed by atoms with Crippen LogP contribution in [0.2, 0.25) is 5.02 Å². The number of rotatable bonds is 3. The second-order valence-corrected chi connectivity index (χ2v) is 6.32. The Bertz CT molecular complexity index is 740. The smallest absolute Gasteiger partial charge is 0.262 e. The van der Waals surface area contributed by atoms with Crippen LogP contribution >= 0.6 is 11.6 Å². The topological polar surface area (TPSA) is 72.2 Å². The van der Waals surface area contributed by atoms with Crippen molar-refractivity contribution in [3.05, 3.63) is 52.8 Å². The summed E-state index contributed by atoms with van der Waals surface area (Å²) in [6.45, 7) is 1.44. The van der Waals surface area contributed by atoms with Gasteiger partial charge in [0, 0.05) is 0 Å². The van der Waals surface area contributed by atoms with Crippen molar-refractivity contribution in [1.29, 1.82) is 0 Å². The second kappa shape index (κ2) is 5.30. The maximum absolute atomic E-state index is 13.4. The first-order valence-corrected chi connectivity index (χ1v) is 7.50. The normalized spacial score (nSPS) is 11.3. The van der Waals surface area contributed by atoms with Gasteiger partial charge in [-0.15, -0.1) is 0 Å². The number of para-hydroxylation sites is 1. The number of anilines is 2. The van der Waals surface area contributed by atoms with Gasteiger partial charge in [0.25, 0.3) is 10.0 Å². The summed E-state index contributed by atoms with van der Waals surface area (Å²) in [5.41, 5.74) is 5.63. The maximum Gasteiger partial charge on any atom is 0.262 e. The van der Waals surface area contributed by atoms with Crippen molar-refractivity contribution in [3.63, 3.8) is 0 Å². The Hall–Kier alpha value is -1.79. The first-order chi connectivity index (χ1) is 9.31. The third kappa shape index (κ3) is 2.86. The minimum atomic E-state index is -3.88. The van der Waals surface area contributed by atoms with Crippen LogP contribution in [0.3, 0.4) is 0 Å². The van der Waals surface area contributed by atoms with Crippen molar-refractivity contribution >= 4 is 33.0 Å². The Kier molecular flexibility index (Phi) is 3.87. The summed E-state index contributed by atoms with van der Waals surface area (Å²) >= 11 is 5.89. The highest BCUT2D eigenvalue weighted by molar-refractivity contribution is 7.92. The number of hydrogen-bond acceptors (Lipinski definition) is 3. The van der Waals surface area contributed by atoms with Gasteiger partial charge in [0.2, 0.25) is 0 Å². The van der Waals surface area contributed by atoms with E-state index in [0.717, 1.165) is 6.07 Å². The Morgan fingerprint density at radius 1 is 1.25 bits per heavy atom. The predicted molar refractivity (Wildman–Crippen MR) is 77.8 cm³/mol. The first-order valence-electron chi connectivity index (χ1n) is 5.64. The molecule has 2 aromatic carbocycles. The van der Waals surface area contributed by atoms with Gasteiger partial charge < -0.3 is 5.73 Å². The van der Waals surface area contributed by atoms with Crippen LogP contribution in [0.25, 0.3) is 0 Å². The van der Waals surface area contributed by atoms with E-state index in [1.807, 2.05) is 0 Å². The Balaban J connectivity index is 2.44. The monoisotopic (exact) mass is 314 g/mol. The van der Waals surface area contributed by atoms with Crippen LogP contribution in [-0.2, 0) is 10.0 Å². The van der Waals surface area contributed by atoms with Gasteiger partial charge in [0.15, 0.2) is 0 Å². The molecule has 3 N–H and O–H groups in total. The van der Waals surface area contributed by atoms with Gasteiger partial charge in [-0.05, 0) is 36.8 Å². The van der Waals surface area contributed by atoms with Crippen molar-refractivity contribution in [2.24, 2.45) is 0 Å². The molecular weight excluding hydrogens is 303 g/mol. The fourth-order valence-electron chi connectivity index (χ4n) is 1.67. The Morgan fingerprint density at radius 3 is 2.50 bits per heavy atom. The van der Waals surface area contributed by atoms with Crippen molar-refractivity contribution in [2.75, 3.05) is 10.5 Å². The van der Waals surface area contributed by atoms with Gasteiger partial charge in [-0.1, -0.05) is 23.7 Å². The number of benzene rings is 2. The molecule has 2 aromatic rings. The number of nitrogen functional groups attached to an aromatic ring is 1. The fraction of sp³-hybridized carbons (Fsp3) is 0.0769. The Labute approximate surface area is 121 Å². The van der Waals surface area contributed by atoms with Gasteiger partial charge in [-0.25, -0.2) is 12.8 Å². The van der Waals surface area contributed by atoms with E-state index in [1.54, 1.807) is 18.2 Å². The zero-order chi connectivity index (χ0) is 14.9. The van der Waals surface area contributed by atoms with E-state index in [1.165, 1.54) is 19.1 Å². The number of aryl methyl sites for hydroxylation is 1. The van der Waals surface area contributed by atoms with Crippen molar-refractivity contribution in [2.45, 2.75) is 11.8 Å². The van der Waals surface area contributed by atoms with E-state index < -0.39 is 15.8 Å². The second-order valence-electron chi connectivity index (χ2n) is 4.23. The average Bonchev–Trinajstić information content (AvgIpc) is 2.38. The molecule has 2 rings (SSSR count). The molecule has 0 fully saturated rings. The summed E-state index contributed by atoms with van der Waals surface area (Å²) in [5, 5.41) is 0.267. The van der Waals surface area contributed by atoms with Crippen LogP contribution in [0.5, 0.6) is 0 Å². The molecule has 0 atom stereocenters. The minimum absolute atomic E-state index is 0.117.